The Balaban J connectivity index is 2.08. The van der Waals surface area contributed by atoms with E-state index in [1.807, 2.05) is 0 Å². The summed E-state index contributed by atoms with van der Waals surface area (Å²) in [5.74, 6) is -0.593. The Kier molecular flexibility index (Phi) is 5.29. The minimum absolute atomic E-state index is 0.0315. The van der Waals surface area contributed by atoms with E-state index in [9.17, 15) is 13.6 Å². The van der Waals surface area contributed by atoms with E-state index in [0.29, 0.717) is 11.2 Å². The number of carbonyl (C=O) groups is 1. The van der Waals surface area contributed by atoms with Gasteiger partial charge in [-0.15, -0.1) is 0 Å². The van der Waals surface area contributed by atoms with Crippen LogP contribution in [0.25, 0.3) is 0 Å². The zero-order valence-corrected chi connectivity index (χ0v) is 12.2. The van der Waals surface area contributed by atoms with E-state index in [1.165, 1.54) is 0 Å². The van der Waals surface area contributed by atoms with Crippen molar-refractivity contribution < 1.29 is 18.7 Å². The molecule has 1 amide bonds. The highest BCUT2D eigenvalue weighted by Gasteiger charge is 2.25. The van der Waals surface area contributed by atoms with Gasteiger partial charge < -0.3 is 21.1 Å². The van der Waals surface area contributed by atoms with Crippen LogP contribution in [0.15, 0.2) is 0 Å². The molecular formula is C12H18F2N4O2S. The van der Waals surface area contributed by atoms with E-state index in [4.69, 9.17) is 10.8 Å². The van der Waals surface area contributed by atoms with E-state index in [-0.39, 0.29) is 23.8 Å². The van der Waals surface area contributed by atoms with Crippen LogP contribution in [-0.2, 0) is 0 Å². The highest BCUT2D eigenvalue weighted by Crippen LogP contribution is 2.30. The minimum Gasteiger partial charge on any atom is -0.395 e. The van der Waals surface area contributed by atoms with Crippen molar-refractivity contribution >= 4 is 28.2 Å². The molecule has 0 radical (unpaired) electrons. The monoisotopic (exact) mass is 320 g/mol. The smallest absolute Gasteiger partial charge is 0.268 e. The lowest BCUT2D eigenvalue weighted by molar-refractivity contribution is 0.0514. The molecule has 1 heterocycles. The van der Waals surface area contributed by atoms with Gasteiger partial charge in [-0.1, -0.05) is 11.3 Å². The van der Waals surface area contributed by atoms with E-state index in [1.54, 1.807) is 0 Å². The molecule has 0 aromatic carbocycles. The molecule has 0 aliphatic heterocycles. The zero-order chi connectivity index (χ0) is 15.4. The van der Waals surface area contributed by atoms with Crippen molar-refractivity contribution in [3.05, 3.63) is 4.88 Å². The molecule has 118 valence electrons. The van der Waals surface area contributed by atoms with Crippen molar-refractivity contribution in [1.82, 2.24) is 9.88 Å². The van der Waals surface area contributed by atoms with Gasteiger partial charge in [0.1, 0.15) is 10.7 Å². The summed E-state index contributed by atoms with van der Waals surface area (Å²) in [6.45, 7) is -1.28. The summed E-state index contributed by atoms with van der Waals surface area (Å²) in [6.07, 6.45) is 0.584. The SMILES string of the molecule is Nc1nc(NC2CCC2)sc1C(=O)N(CCO)CC(F)F. The standard InChI is InChI=1S/C12H18F2N4O2S/c13-8(14)6-18(4-5-19)11(20)9-10(15)17-12(21-9)16-7-2-1-3-7/h7-8,19H,1-6,15H2,(H,16,17). The van der Waals surface area contributed by atoms with Gasteiger partial charge in [-0.2, -0.15) is 0 Å². The lowest BCUT2D eigenvalue weighted by Gasteiger charge is -2.25. The van der Waals surface area contributed by atoms with Crippen molar-refractivity contribution in [3.8, 4) is 0 Å². The molecule has 1 aliphatic rings. The van der Waals surface area contributed by atoms with Crippen LogP contribution in [0.5, 0.6) is 0 Å². The summed E-state index contributed by atoms with van der Waals surface area (Å²) < 4.78 is 25.0. The Hall–Kier alpha value is -1.48. The molecule has 1 fully saturated rings. The number of nitrogens with one attached hydrogen (secondary N) is 1. The van der Waals surface area contributed by atoms with Gasteiger partial charge in [0.05, 0.1) is 13.2 Å². The van der Waals surface area contributed by atoms with Gasteiger partial charge in [-0.3, -0.25) is 4.79 Å². The molecule has 4 N–H and O–H groups in total. The van der Waals surface area contributed by atoms with Crippen LogP contribution in [0.2, 0.25) is 0 Å². The summed E-state index contributed by atoms with van der Waals surface area (Å²) in [5, 5.41) is 12.6. The first-order valence-corrected chi connectivity index (χ1v) is 7.54. The normalized spacial score (nSPS) is 15.0. The van der Waals surface area contributed by atoms with Crippen molar-refractivity contribution in [3.63, 3.8) is 0 Å². The summed E-state index contributed by atoms with van der Waals surface area (Å²) in [4.78, 5) is 17.3. The van der Waals surface area contributed by atoms with Gasteiger partial charge in [0.15, 0.2) is 5.13 Å². The second-order valence-corrected chi connectivity index (χ2v) is 5.87. The van der Waals surface area contributed by atoms with Gasteiger partial charge in [0.2, 0.25) is 0 Å². The number of nitrogens with zero attached hydrogens (tertiary/aromatic N) is 2. The molecule has 0 atom stereocenters. The van der Waals surface area contributed by atoms with Crippen LogP contribution in [0.3, 0.4) is 0 Å². The first-order chi connectivity index (χ1) is 10.0. The number of alkyl halides is 2. The van der Waals surface area contributed by atoms with Gasteiger partial charge >= 0.3 is 0 Å². The second-order valence-electron chi connectivity index (χ2n) is 4.87. The van der Waals surface area contributed by atoms with Crippen molar-refractivity contribution in [2.24, 2.45) is 0 Å². The third-order valence-electron chi connectivity index (χ3n) is 3.30. The zero-order valence-electron chi connectivity index (χ0n) is 11.4. The van der Waals surface area contributed by atoms with Crippen LogP contribution in [-0.4, -0.2) is 53.1 Å². The number of anilines is 2. The number of hydrogen-bond acceptors (Lipinski definition) is 6. The van der Waals surface area contributed by atoms with Crippen molar-refractivity contribution in [2.45, 2.75) is 31.7 Å². The van der Waals surface area contributed by atoms with Gasteiger partial charge in [-0.05, 0) is 19.3 Å². The number of nitrogens with two attached hydrogens (primary N) is 1. The third kappa shape index (κ3) is 4.01. The highest BCUT2D eigenvalue weighted by molar-refractivity contribution is 7.18. The van der Waals surface area contributed by atoms with Crippen LogP contribution in [0.4, 0.5) is 19.7 Å². The molecule has 0 spiro atoms. The molecule has 9 heteroatoms. The number of hydrogen-bond donors (Lipinski definition) is 3. The number of rotatable bonds is 7. The Bertz CT molecular complexity index is 494. The predicted octanol–water partition coefficient (Wildman–Crippen LogP) is 1.39. The third-order valence-corrected chi connectivity index (χ3v) is 4.29. The fourth-order valence-electron chi connectivity index (χ4n) is 1.98. The number of thiazole rings is 1. The van der Waals surface area contributed by atoms with Crippen LogP contribution in [0, 0.1) is 0 Å². The summed E-state index contributed by atoms with van der Waals surface area (Å²) in [7, 11) is 0. The maximum Gasteiger partial charge on any atom is 0.268 e. The molecule has 0 bridgehead atoms. The Morgan fingerprint density at radius 2 is 2.29 bits per heavy atom. The Labute approximate surface area is 125 Å². The maximum atomic E-state index is 12.5. The Morgan fingerprint density at radius 1 is 1.57 bits per heavy atom. The number of carbonyl (C=O) groups excluding carboxylic acids is 1. The quantitative estimate of drug-likeness (QED) is 0.706. The summed E-state index contributed by atoms with van der Waals surface area (Å²) >= 11 is 1.06. The largest absolute Gasteiger partial charge is 0.395 e. The lowest BCUT2D eigenvalue weighted by Crippen LogP contribution is -2.37. The van der Waals surface area contributed by atoms with Gasteiger partial charge in [0, 0.05) is 12.6 Å². The number of aliphatic hydroxyl groups excluding tert-OH is 1. The molecule has 1 aliphatic carbocycles. The number of aromatic nitrogens is 1. The molecule has 1 aromatic rings. The fourth-order valence-corrected chi connectivity index (χ4v) is 2.91. The number of halogens is 2. The van der Waals surface area contributed by atoms with E-state index in [2.05, 4.69) is 10.3 Å². The molecular weight excluding hydrogens is 302 g/mol. The molecule has 0 saturated heterocycles. The van der Waals surface area contributed by atoms with E-state index >= 15 is 0 Å². The molecule has 2 rings (SSSR count). The predicted molar refractivity (Wildman–Crippen MR) is 76.8 cm³/mol. The average molecular weight is 320 g/mol. The Morgan fingerprint density at radius 3 is 2.81 bits per heavy atom. The number of nitrogen functional groups attached to an aromatic ring is 1. The average Bonchev–Trinajstić information content (AvgIpc) is 2.73. The van der Waals surface area contributed by atoms with Gasteiger partial charge in [0.25, 0.3) is 12.3 Å². The number of amides is 1. The molecule has 21 heavy (non-hydrogen) atoms. The topological polar surface area (TPSA) is 91.5 Å². The molecule has 6 nitrogen and oxygen atoms in total. The summed E-state index contributed by atoms with van der Waals surface area (Å²) in [6, 6.07) is 0.341. The van der Waals surface area contributed by atoms with Crippen LogP contribution in [0.1, 0.15) is 28.9 Å². The van der Waals surface area contributed by atoms with Crippen LogP contribution < -0.4 is 11.1 Å². The number of aliphatic hydroxyl groups is 1. The highest BCUT2D eigenvalue weighted by atomic mass is 32.1. The van der Waals surface area contributed by atoms with E-state index < -0.39 is 18.9 Å². The second kappa shape index (κ2) is 6.99. The first-order valence-electron chi connectivity index (χ1n) is 6.72. The minimum atomic E-state index is -2.66. The lowest BCUT2D eigenvalue weighted by atomic mass is 9.93. The van der Waals surface area contributed by atoms with E-state index in [0.717, 1.165) is 35.5 Å². The maximum absolute atomic E-state index is 12.5. The molecule has 1 aromatic heterocycles. The van der Waals surface area contributed by atoms with Crippen LogP contribution >= 0.6 is 11.3 Å². The van der Waals surface area contributed by atoms with Crippen molar-refractivity contribution in [1.29, 1.82) is 0 Å². The molecule has 1 saturated carbocycles. The first kappa shape index (κ1) is 15.9. The summed E-state index contributed by atoms with van der Waals surface area (Å²) in [5.41, 5.74) is 5.70. The van der Waals surface area contributed by atoms with Gasteiger partial charge in [-0.25, -0.2) is 13.8 Å². The van der Waals surface area contributed by atoms with Crippen molar-refractivity contribution in [2.75, 3.05) is 30.7 Å². The fraction of sp³-hybridized carbons (Fsp3) is 0.667. The molecule has 0 unspecified atom stereocenters.